The Kier molecular flexibility index (Phi) is 3.49. The lowest BCUT2D eigenvalue weighted by molar-refractivity contribution is -0.138. The maximum atomic E-state index is 11.3. The van der Waals surface area contributed by atoms with Crippen LogP contribution in [-0.2, 0) is 4.79 Å². The van der Waals surface area contributed by atoms with E-state index in [1.165, 1.54) is 0 Å². The van der Waals surface area contributed by atoms with Crippen LogP contribution in [-0.4, -0.2) is 36.8 Å². The minimum Gasteiger partial charge on any atom is -0.480 e. The lowest BCUT2D eigenvalue weighted by Crippen LogP contribution is -2.55. The molecule has 1 aromatic carbocycles. The van der Waals surface area contributed by atoms with E-state index in [0.717, 1.165) is 12.1 Å². The van der Waals surface area contributed by atoms with Crippen LogP contribution in [0.5, 0.6) is 0 Å². The van der Waals surface area contributed by atoms with Crippen molar-refractivity contribution in [3.05, 3.63) is 29.3 Å². The van der Waals surface area contributed by atoms with Gasteiger partial charge in [-0.2, -0.15) is 5.26 Å². The monoisotopic (exact) mass is 245 g/mol. The van der Waals surface area contributed by atoms with Gasteiger partial charge in [0.1, 0.15) is 12.1 Å². The van der Waals surface area contributed by atoms with Gasteiger partial charge in [0.25, 0.3) is 0 Å². The molecule has 1 aromatic rings. The molecule has 1 aliphatic heterocycles. The van der Waals surface area contributed by atoms with Crippen molar-refractivity contribution in [2.75, 3.05) is 24.5 Å². The highest BCUT2D eigenvalue weighted by atomic mass is 16.4. The smallest absolute Gasteiger partial charge is 0.327 e. The Balaban J connectivity index is 2.42. The molecule has 18 heavy (non-hydrogen) atoms. The molecule has 1 saturated heterocycles. The highest BCUT2D eigenvalue weighted by molar-refractivity contribution is 5.80. The van der Waals surface area contributed by atoms with Gasteiger partial charge >= 0.3 is 5.97 Å². The normalized spacial score (nSPS) is 19.3. The molecule has 0 aliphatic carbocycles. The second kappa shape index (κ2) is 5.07. The Bertz CT molecular complexity index is 507. The number of nitrogens with zero attached hydrogens (tertiary/aromatic N) is 2. The van der Waals surface area contributed by atoms with Gasteiger partial charge in [0.15, 0.2) is 0 Å². The van der Waals surface area contributed by atoms with Gasteiger partial charge in [0.2, 0.25) is 0 Å². The molecule has 94 valence electrons. The molecule has 0 amide bonds. The van der Waals surface area contributed by atoms with Crippen molar-refractivity contribution >= 4 is 11.7 Å². The summed E-state index contributed by atoms with van der Waals surface area (Å²) in [6.45, 7) is 3.65. The van der Waals surface area contributed by atoms with Crippen LogP contribution in [0, 0.1) is 18.3 Å². The van der Waals surface area contributed by atoms with E-state index in [4.69, 9.17) is 5.26 Å². The zero-order chi connectivity index (χ0) is 13.1. The van der Waals surface area contributed by atoms with Crippen LogP contribution >= 0.6 is 0 Å². The summed E-state index contributed by atoms with van der Waals surface area (Å²) in [6, 6.07) is 6.98. The van der Waals surface area contributed by atoms with Crippen molar-refractivity contribution in [2.24, 2.45) is 0 Å². The van der Waals surface area contributed by atoms with Gasteiger partial charge in [0.05, 0.1) is 11.3 Å². The molecule has 0 radical (unpaired) electrons. The molecule has 2 rings (SSSR count). The summed E-state index contributed by atoms with van der Waals surface area (Å²) >= 11 is 0. The van der Waals surface area contributed by atoms with E-state index in [-0.39, 0.29) is 0 Å². The van der Waals surface area contributed by atoms with Crippen LogP contribution in [0.15, 0.2) is 18.2 Å². The Morgan fingerprint density at radius 3 is 3.06 bits per heavy atom. The summed E-state index contributed by atoms with van der Waals surface area (Å²) in [4.78, 5) is 13.1. The number of nitriles is 1. The second-order valence-electron chi connectivity index (χ2n) is 4.38. The SMILES string of the molecule is Cc1ccc(C#N)c(N2CCNCC2C(=O)O)c1. The van der Waals surface area contributed by atoms with Crippen LogP contribution < -0.4 is 10.2 Å². The molecule has 5 heteroatoms. The number of aliphatic carboxylic acids is 1. The van der Waals surface area contributed by atoms with Crippen LogP contribution in [0.1, 0.15) is 11.1 Å². The van der Waals surface area contributed by atoms with Crippen molar-refractivity contribution in [3.8, 4) is 6.07 Å². The molecule has 0 bridgehead atoms. The molecular formula is C13H15N3O2. The van der Waals surface area contributed by atoms with E-state index >= 15 is 0 Å². The van der Waals surface area contributed by atoms with Crippen LogP contribution in [0.25, 0.3) is 0 Å². The van der Waals surface area contributed by atoms with Gasteiger partial charge in [-0.25, -0.2) is 4.79 Å². The Labute approximate surface area is 106 Å². The lowest BCUT2D eigenvalue weighted by Gasteiger charge is -2.35. The minimum atomic E-state index is -0.868. The van der Waals surface area contributed by atoms with Crippen molar-refractivity contribution in [1.29, 1.82) is 5.26 Å². The van der Waals surface area contributed by atoms with E-state index in [2.05, 4.69) is 11.4 Å². The highest BCUT2D eigenvalue weighted by Gasteiger charge is 2.29. The van der Waals surface area contributed by atoms with Crippen LogP contribution in [0.2, 0.25) is 0 Å². The average Bonchev–Trinajstić information content (AvgIpc) is 2.38. The highest BCUT2D eigenvalue weighted by Crippen LogP contribution is 2.24. The number of carboxylic acids is 1. The zero-order valence-electron chi connectivity index (χ0n) is 10.2. The van der Waals surface area contributed by atoms with Gasteiger partial charge in [-0.3, -0.25) is 0 Å². The summed E-state index contributed by atoms with van der Waals surface area (Å²) < 4.78 is 0. The van der Waals surface area contributed by atoms with Gasteiger partial charge in [-0.15, -0.1) is 0 Å². The summed E-state index contributed by atoms with van der Waals surface area (Å²) in [5.74, 6) is -0.868. The molecule has 0 spiro atoms. The predicted octanol–water partition coefficient (Wildman–Crippen LogP) is 0.729. The zero-order valence-corrected chi connectivity index (χ0v) is 10.2. The largest absolute Gasteiger partial charge is 0.480 e. The molecule has 1 heterocycles. The van der Waals surface area contributed by atoms with Crippen LogP contribution in [0.3, 0.4) is 0 Å². The van der Waals surface area contributed by atoms with Crippen LogP contribution in [0.4, 0.5) is 5.69 Å². The van der Waals surface area contributed by atoms with E-state index < -0.39 is 12.0 Å². The summed E-state index contributed by atoms with van der Waals surface area (Å²) in [7, 11) is 0. The van der Waals surface area contributed by atoms with Gasteiger partial charge < -0.3 is 15.3 Å². The molecule has 1 aliphatic rings. The standard InChI is InChI=1S/C13H15N3O2/c1-9-2-3-10(7-14)11(6-9)16-5-4-15-8-12(16)13(17)18/h2-3,6,12,15H,4-5,8H2,1H3,(H,17,18). The van der Waals surface area contributed by atoms with Gasteiger partial charge in [-0.1, -0.05) is 6.07 Å². The second-order valence-corrected chi connectivity index (χ2v) is 4.38. The van der Waals surface area contributed by atoms with Crippen molar-refractivity contribution in [1.82, 2.24) is 5.32 Å². The fourth-order valence-corrected chi connectivity index (χ4v) is 2.19. The number of carboxylic acid groups (broad SMARTS) is 1. The molecule has 0 saturated carbocycles. The maximum absolute atomic E-state index is 11.3. The number of hydrogen-bond donors (Lipinski definition) is 2. The third kappa shape index (κ3) is 2.29. The first kappa shape index (κ1) is 12.4. The first-order valence-corrected chi connectivity index (χ1v) is 5.84. The number of benzene rings is 1. The summed E-state index contributed by atoms with van der Waals surface area (Å²) in [5, 5.41) is 21.4. The molecule has 2 N–H and O–H groups in total. The first-order valence-electron chi connectivity index (χ1n) is 5.84. The third-order valence-corrected chi connectivity index (χ3v) is 3.11. The average molecular weight is 245 g/mol. The number of anilines is 1. The van der Waals surface area contributed by atoms with Crippen molar-refractivity contribution < 1.29 is 9.90 Å². The lowest BCUT2D eigenvalue weighted by atomic mass is 10.1. The number of aryl methyl sites for hydroxylation is 1. The minimum absolute atomic E-state index is 0.397. The number of piperazine rings is 1. The number of carbonyl (C=O) groups is 1. The van der Waals surface area contributed by atoms with Crippen molar-refractivity contribution in [2.45, 2.75) is 13.0 Å². The number of rotatable bonds is 2. The summed E-state index contributed by atoms with van der Waals surface area (Å²) in [5.41, 5.74) is 2.26. The van der Waals surface area contributed by atoms with Gasteiger partial charge in [0, 0.05) is 19.6 Å². The number of nitrogens with one attached hydrogen (secondary N) is 1. The Morgan fingerprint density at radius 1 is 1.61 bits per heavy atom. The molecule has 0 aromatic heterocycles. The topological polar surface area (TPSA) is 76.4 Å². The van der Waals surface area contributed by atoms with Crippen molar-refractivity contribution in [3.63, 3.8) is 0 Å². The Hall–Kier alpha value is -2.06. The number of hydrogen-bond acceptors (Lipinski definition) is 4. The molecular weight excluding hydrogens is 230 g/mol. The van der Waals surface area contributed by atoms with Gasteiger partial charge in [-0.05, 0) is 24.6 Å². The van der Waals surface area contributed by atoms with E-state index in [1.54, 1.807) is 11.0 Å². The van der Waals surface area contributed by atoms with E-state index in [0.29, 0.717) is 24.3 Å². The fraction of sp³-hybridized carbons (Fsp3) is 0.385. The summed E-state index contributed by atoms with van der Waals surface area (Å²) in [6.07, 6.45) is 0. The molecule has 5 nitrogen and oxygen atoms in total. The molecule has 1 unspecified atom stereocenters. The maximum Gasteiger partial charge on any atom is 0.327 e. The first-order chi connectivity index (χ1) is 8.63. The van der Waals surface area contributed by atoms with E-state index in [9.17, 15) is 9.90 Å². The Morgan fingerprint density at radius 2 is 2.39 bits per heavy atom. The molecule has 1 atom stereocenters. The van der Waals surface area contributed by atoms with E-state index in [1.807, 2.05) is 19.1 Å². The predicted molar refractivity (Wildman–Crippen MR) is 67.5 cm³/mol. The third-order valence-electron chi connectivity index (χ3n) is 3.11. The fourth-order valence-electron chi connectivity index (χ4n) is 2.19. The molecule has 1 fully saturated rings. The quantitative estimate of drug-likeness (QED) is 0.803.